The predicted octanol–water partition coefficient (Wildman–Crippen LogP) is 9.25. The number of carbonyl (C=O) groups excluding carboxylic acids is 2. The molecule has 0 aliphatic heterocycles. The van der Waals surface area contributed by atoms with Crippen LogP contribution in [0.4, 0.5) is 0 Å². The van der Waals surface area contributed by atoms with Crippen LogP contribution < -0.4 is 9.47 Å². The zero-order valence-electron chi connectivity index (χ0n) is 28.4. The molecule has 0 saturated carbocycles. The van der Waals surface area contributed by atoms with E-state index in [4.69, 9.17) is 9.47 Å². The molecule has 4 N–H and O–H groups in total. The second-order valence-electron chi connectivity index (χ2n) is 12.3. The van der Waals surface area contributed by atoms with Gasteiger partial charge in [-0.1, -0.05) is 115 Å². The maximum absolute atomic E-state index is 12.2. The molecule has 0 heterocycles. The van der Waals surface area contributed by atoms with Gasteiger partial charge in [-0.2, -0.15) is 0 Å². The minimum absolute atomic E-state index is 0.297. The fraction of sp³-hybridized carbons (Fsp3) is 0.538. The fourth-order valence-electron chi connectivity index (χ4n) is 5.18. The van der Waals surface area contributed by atoms with Gasteiger partial charge in [0, 0.05) is 12.8 Å². The molecule has 0 unspecified atom stereocenters. The van der Waals surface area contributed by atoms with Crippen LogP contribution in [-0.2, 0) is 9.59 Å². The van der Waals surface area contributed by atoms with Crippen LogP contribution in [0.2, 0.25) is 0 Å². The topological polar surface area (TPSA) is 134 Å². The summed E-state index contributed by atoms with van der Waals surface area (Å²) in [6.07, 6.45) is 18.9. The van der Waals surface area contributed by atoms with Crippen molar-refractivity contribution in [1.82, 2.24) is 0 Å². The third-order valence-corrected chi connectivity index (χ3v) is 8.32. The van der Waals surface area contributed by atoms with Gasteiger partial charge in [0.2, 0.25) is 0 Å². The smallest absolute Gasteiger partial charge is 0.311 e. The van der Waals surface area contributed by atoms with Gasteiger partial charge in [0.05, 0.1) is 13.2 Å². The molecule has 47 heavy (non-hydrogen) atoms. The lowest BCUT2D eigenvalue weighted by Crippen LogP contribution is -2.34. The second-order valence-corrected chi connectivity index (χ2v) is 12.3. The Morgan fingerprint density at radius 1 is 0.553 bits per heavy atom. The lowest BCUT2D eigenvalue weighted by molar-refractivity contribution is -0.135. The molecule has 0 amide bonds. The summed E-state index contributed by atoms with van der Waals surface area (Å²) < 4.78 is 10.8. The molecule has 0 atom stereocenters. The Hall–Kier alpha value is -3.62. The van der Waals surface area contributed by atoms with E-state index in [0.29, 0.717) is 35.5 Å². The number of carbonyl (C=O) groups is 2. The largest absolute Gasteiger partial charge is 0.511 e. The number of hydrogen-bond acceptors (Lipinski definition) is 8. The molecule has 260 valence electrons. The zero-order chi connectivity index (χ0) is 34.3. The van der Waals surface area contributed by atoms with Gasteiger partial charge < -0.3 is 29.9 Å². The molecule has 0 aromatic heterocycles. The van der Waals surface area contributed by atoms with Crippen molar-refractivity contribution < 1.29 is 39.5 Å². The second kappa shape index (κ2) is 22.8. The molecule has 0 radical (unpaired) electrons. The number of hydrogen-bond donors (Lipinski definition) is 4. The fourth-order valence-corrected chi connectivity index (χ4v) is 5.18. The molecule has 8 nitrogen and oxygen atoms in total. The van der Waals surface area contributed by atoms with Crippen LogP contribution in [0.1, 0.15) is 128 Å². The summed E-state index contributed by atoms with van der Waals surface area (Å²) in [5, 5.41) is 42.2. The van der Waals surface area contributed by atoms with Crippen molar-refractivity contribution in [3.05, 3.63) is 71.2 Å². The third kappa shape index (κ3) is 14.8. The van der Waals surface area contributed by atoms with Crippen molar-refractivity contribution in [2.45, 2.75) is 117 Å². The first kappa shape index (κ1) is 39.6. The first-order valence-corrected chi connectivity index (χ1v) is 17.4. The molecule has 2 rings (SSSR count). The van der Waals surface area contributed by atoms with E-state index in [1.165, 1.54) is 63.5 Å². The quantitative estimate of drug-likeness (QED) is 0.0382. The number of aliphatic hydroxyl groups is 4. The number of esters is 2. The highest BCUT2D eigenvalue weighted by Crippen LogP contribution is 2.35. The Labute approximate surface area is 281 Å². The van der Waals surface area contributed by atoms with E-state index < -0.39 is 30.1 Å². The molecule has 0 saturated heterocycles. The van der Waals surface area contributed by atoms with E-state index in [2.05, 4.69) is 13.8 Å². The average Bonchev–Trinajstić information content (AvgIpc) is 3.06. The van der Waals surface area contributed by atoms with Gasteiger partial charge in [-0.3, -0.25) is 9.59 Å². The first-order valence-electron chi connectivity index (χ1n) is 17.4. The molecule has 0 fully saturated rings. The third-order valence-electron chi connectivity index (χ3n) is 8.32. The van der Waals surface area contributed by atoms with Gasteiger partial charge in [-0.05, 0) is 60.4 Å². The monoisotopic (exact) mass is 652 g/mol. The van der Waals surface area contributed by atoms with Crippen molar-refractivity contribution >= 4 is 24.1 Å². The van der Waals surface area contributed by atoms with E-state index in [0.717, 1.165) is 38.5 Å². The molecular formula is C39H56O8. The average molecular weight is 653 g/mol. The molecule has 0 bridgehead atoms. The SMILES string of the molecule is CCCCCCCCCC(=O)Oc1ccc(C=C(O)C(CO)(CO)C(O)=Cc2ccc(OC(=O)CCCCCCCCC)cc2)cc1. The van der Waals surface area contributed by atoms with E-state index in [1.807, 2.05) is 0 Å². The first-order chi connectivity index (χ1) is 22.8. The Kier molecular flexibility index (Phi) is 19.2. The highest BCUT2D eigenvalue weighted by atomic mass is 16.5. The summed E-state index contributed by atoms with van der Waals surface area (Å²) in [4.78, 5) is 24.4. The molecule has 0 aliphatic carbocycles. The minimum Gasteiger partial charge on any atom is -0.511 e. The Morgan fingerprint density at radius 2 is 0.872 bits per heavy atom. The van der Waals surface area contributed by atoms with Crippen molar-refractivity contribution in [3.63, 3.8) is 0 Å². The maximum Gasteiger partial charge on any atom is 0.311 e. The van der Waals surface area contributed by atoms with Crippen LogP contribution in [-0.4, -0.2) is 45.6 Å². The van der Waals surface area contributed by atoms with Crippen LogP contribution in [0.15, 0.2) is 60.0 Å². The van der Waals surface area contributed by atoms with E-state index in [1.54, 1.807) is 48.5 Å². The van der Waals surface area contributed by atoms with Gasteiger partial charge in [0.1, 0.15) is 28.4 Å². The molecule has 0 spiro atoms. The summed E-state index contributed by atoms with van der Waals surface area (Å²) in [7, 11) is 0. The number of benzene rings is 2. The predicted molar refractivity (Wildman–Crippen MR) is 187 cm³/mol. The Bertz CT molecular complexity index is 1130. The van der Waals surface area contributed by atoms with Crippen LogP contribution in [0.3, 0.4) is 0 Å². The van der Waals surface area contributed by atoms with Gasteiger partial charge in [-0.25, -0.2) is 0 Å². The van der Waals surface area contributed by atoms with Gasteiger partial charge in [0.15, 0.2) is 0 Å². The number of aliphatic hydroxyl groups excluding tert-OH is 4. The lowest BCUT2D eigenvalue weighted by atomic mass is 9.83. The molecule has 0 aliphatic rings. The summed E-state index contributed by atoms with van der Waals surface area (Å²) in [6.45, 7) is 2.84. The van der Waals surface area contributed by atoms with Crippen LogP contribution in [0, 0.1) is 5.41 Å². The summed E-state index contributed by atoms with van der Waals surface area (Å²) in [6, 6.07) is 12.9. The summed E-state index contributed by atoms with van der Waals surface area (Å²) in [5.74, 6) is -0.741. The number of ether oxygens (including phenoxy) is 2. The number of unbranched alkanes of at least 4 members (excludes halogenated alkanes) is 12. The van der Waals surface area contributed by atoms with Crippen LogP contribution in [0.5, 0.6) is 11.5 Å². The van der Waals surface area contributed by atoms with E-state index >= 15 is 0 Å². The number of rotatable bonds is 24. The zero-order valence-corrected chi connectivity index (χ0v) is 28.4. The molecule has 2 aromatic rings. The van der Waals surface area contributed by atoms with Crippen LogP contribution in [0.25, 0.3) is 12.2 Å². The maximum atomic E-state index is 12.2. The summed E-state index contributed by atoms with van der Waals surface area (Å²) in [5.41, 5.74) is -0.837. The Morgan fingerprint density at radius 3 is 1.19 bits per heavy atom. The van der Waals surface area contributed by atoms with Crippen LogP contribution >= 0.6 is 0 Å². The van der Waals surface area contributed by atoms with Crippen molar-refractivity contribution in [3.8, 4) is 11.5 Å². The lowest BCUT2D eigenvalue weighted by Gasteiger charge is -2.28. The van der Waals surface area contributed by atoms with Crippen molar-refractivity contribution in [2.24, 2.45) is 5.41 Å². The van der Waals surface area contributed by atoms with Gasteiger partial charge >= 0.3 is 11.9 Å². The van der Waals surface area contributed by atoms with Gasteiger partial charge in [-0.15, -0.1) is 0 Å². The van der Waals surface area contributed by atoms with Crippen molar-refractivity contribution in [1.29, 1.82) is 0 Å². The van der Waals surface area contributed by atoms with E-state index in [9.17, 15) is 30.0 Å². The highest BCUT2D eigenvalue weighted by molar-refractivity contribution is 5.73. The van der Waals surface area contributed by atoms with E-state index in [-0.39, 0.29) is 11.9 Å². The molecular weight excluding hydrogens is 596 g/mol. The van der Waals surface area contributed by atoms with Gasteiger partial charge in [0.25, 0.3) is 0 Å². The van der Waals surface area contributed by atoms with Crippen molar-refractivity contribution in [2.75, 3.05) is 13.2 Å². The molecule has 8 heteroatoms. The standard InChI is InChI=1S/C39H56O8/c1-3-5-7-9-11-13-15-17-37(44)46-33-23-19-31(20-24-33)27-35(42)39(29-40,30-41)36(43)28-32-21-25-34(26-22-32)47-38(45)18-16-14-12-10-8-6-4-2/h19-28,40-43H,3-18,29-30H2,1-2H3. The highest BCUT2D eigenvalue weighted by Gasteiger charge is 2.38. The molecule has 2 aromatic carbocycles. The summed E-state index contributed by atoms with van der Waals surface area (Å²) >= 11 is 0. The normalized spacial score (nSPS) is 12.3. The minimum atomic E-state index is -1.86. The Balaban J connectivity index is 1.94.